The standard InChI is InChI=1S/C16H16F3N3OS/c17-16(18,19)11-1-2-12-13(9-11)24-14(21-12)22-6-3-15(10-20,4-7-22)5-8-23/h1-2,9,23H,3-8H2. The van der Waals surface area contributed by atoms with E-state index < -0.39 is 17.2 Å². The summed E-state index contributed by atoms with van der Waals surface area (Å²) in [7, 11) is 0. The second kappa shape index (κ2) is 6.22. The smallest absolute Gasteiger partial charge is 0.396 e. The molecule has 4 nitrogen and oxygen atoms in total. The molecule has 0 saturated carbocycles. The number of anilines is 1. The van der Waals surface area contributed by atoms with E-state index in [1.165, 1.54) is 17.4 Å². The molecule has 3 rings (SSSR count). The number of aromatic nitrogens is 1. The van der Waals surface area contributed by atoms with E-state index in [1.54, 1.807) is 0 Å². The van der Waals surface area contributed by atoms with Crippen molar-refractivity contribution in [3.8, 4) is 6.07 Å². The third-order valence-corrected chi connectivity index (χ3v) is 5.60. The highest BCUT2D eigenvalue weighted by Gasteiger charge is 2.35. The van der Waals surface area contributed by atoms with Gasteiger partial charge in [0, 0.05) is 19.7 Å². The summed E-state index contributed by atoms with van der Waals surface area (Å²) < 4.78 is 38.9. The third kappa shape index (κ3) is 3.19. The second-order valence-electron chi connectivity index (χ2n) is 6.03. The zero-order chi connectivity index (χ0) is 17.4. The Balaban J connectivity index is 1.80. The van der Waals surface area contributed by atoms with E-state index in [0.717, 1.165) is 12.1 Å². The summed E-state index contributed by atoms with van der Waals surface area (Å²) in [4.78, 5) is 6.43. The van der Waals surface area contributed by atoms with Crippen LogP contribution in [0.25, 0.3) is 10.2 Å². The third-order valence-electron chi connectivity index (χ3n) is 4.52. The normalized spacial score (nSPS) is 17.9. The Labute approximate surface area is 141 Å². The lowest BCUT2D eigenvalue weighted by molar-refractivity contribution is -0.137. The van der Waals surface area contributed by atoms with Gasteiger partial charge < -0.3 is 10.0 Å². The van der Waals surface area contributed by atoms with Crippen LogP contribution in [-0.4, -0.2) is 29.8 Å². The number of hydrogen-bond acceptors (Lipinski definition) is 5. The van der Waals surface area contributed by atoms with E-state index in [0.29, 0.717) is 47.7 Å². The number of benzene rings is 1. The largest absolute Gasteiger partial charge is 0.416 e. The second-order valence-corrected chi connectivity index (χ2v) is 7.04. The van der Waals surface area contributed by atoms with Gasteiger partial charge in [0.05, 0.1) is 27.3 Å². The maximum absolute atomic E-state index is 12.8. The van der Waals surface area contributed by atoms with Gasteiger partial charge in [0.25, 0.3) is 0 Å². The number of nitriles is 1. The van der Waals surface area contributed by atoms with E-state index in [9.17, 15) is 18.4 Å². The number of nitrogens with zero attached hydrogens (tertiary/aromatic N) is 3. The van der Waals surface area contributed by atoms with Crippen molar-refractivity contribution in [1.29, 1.82) is 5.26 Å². The van der Waals surface area contributed by atoms with Gasteiger partial charge in [0.2, 0.25) is 0 Å². The average molecular weight is 355 g/mol. The molecule has 2 aromatic rings. The first-order valence-electron chi connectivity index (χ1n) is 7.62. The maximum atomic E-state index is 12.8. The van der Waals surface area contributed by atoms with Gasteiger partial charge in [-0.2, -0.15) is 18.4 Å². The Morgan fingerprint density at radius 2 is 2.04 bits per heavy atom. The molecule has 2 heterocycles. The van der Waals surface area contributed by atoms with Crippen molar-refractivity contribution in [2.45, 2.75) is 25.4 Å². The molecule has 1 saturated heterocycles. The minimum absolute atomic E-state index is 0.0189. The number of rotatable bonds is 3. The number of piperidine rings is 1. The molecule has 0 spiro atoms. The number of aliphatic hydroxyl groups is 1. The van der Waals surface area contributed by atoms with Crippen molar-refractivity contribution in [3.63, 3.8) is 0 Å². The van der Waals surface area contributed by atoms with Gasteiger partial charge >= 0.3 is 6.18 Å². The Kier molecular flexibility index (Phi) is 4.40. The van der Waals surface area contributed by atoms with E-state index in [1.807, 2.05) is 4.90 Å². The van der Waals surface area contributed by atoms with Crippen LogP contribution in [0.15, 0.2) is 18.2 Å². The SMILES string of the molecule is N#CC1(CCO)CCN(c2nc3ccc(C(F)(F)F)cc3s2)CC1. The molecule has 1 fully saturated rings. The fraction of sp³-hybridized carbons (Fsp3) is 0.500. The summed E-state index contributed by atoms with van der Waals surface area (Å²) in [5, 5.41) is 19.1. The molecule has 1 aromatic heterocycles. The Morgan fingerprint density at radius 1 is 1.33 bits per heavy atom. The van der Waals surface area contributed by atoms with Crippen molar-refractivity contribution in [1.82, 2.24) is 4.98 Å². The van der Waals surface area contributed by atoms with Gasteiger partial charge in [-0.25, -0.2) is 4.98 Å². The summed E-state index contributed by atoms with van der Waals surface area (Å²) >= 11 is 1.24. The molecule has 1 N–H and O–H groups in total. The zero-order valence-corrected chi connectivity index (χ0v) is 13.6. The quantitative estimate of drug-likeness (QED) is 0.910. The average Bonchev–Trinajstić information content (AvgIpc) is 2.98. The van der Waals surface area contributed by atoms with Gasteiger partial charge in [-0.1, -0.05) is 11.3 Å². The molecule has 24 heavy (non-hydrogen) atoms. The number of aliphatic hydroxyl groups excluding tert-OH is 1. The molecule has 0 atom stereocenters. The van der Waals surface area contributed by atoms with Crippen molar-refractivity contribution >= 4 is 26.7 Å². The van der Waals surface area contributed by atoms with Crippen LogP contribution in [0.1, 0.15) is 24.8 Å². The summed E-state index contributed by atoms with van der Waals surface area (Å²) in [6.45, 7) is 1.20. The minimum Gasteiger partial charge on any atom is -0.396 e. The number of hydrogen-bond donors (Lipinski definition) is 1. The van der Waals surface area contributed by atoms with E-state index in [4.69, 9.17) is 5.11 Å². The summed E-state index contributed by atoms with van der Waals surface area (Å²) in [5.74, 6) is 0. The first kappa shape index (κ1) is 17.0. The van der Waals surface area contributed by atoms with Crippen LogP contribution in [0.5, 0.6) is 0 Å². The number of alkyl halides is 3. The lowest BCUT2D eigenvalue weighted by Crippen LogP contribution is -2.39. The number of thiazole rings is 1. The molecule has 0 radical (unpaired) electrons. The topological polar surface area (TPSA) is 60.1 Å². The molecular formula is C16H16F3N3OS. The van der Waals surface area contributed by atoms with Crippen LogP contribution in [0.4, 0.5) is 18.3 Å². The van der Waals surface area contributed by atoms with Crippen molar-refractivity contribution in [2.24, 2.45) is 5.41 Å². The predicted molar refractivity (Wildman–Crippen MR) is 85.8 cm³/mol. The maximum Gasteiger partial charge on any atom is 0.416 e. The lowest BCUT2D eigenvalue weighted by Gasteiger charge is -2.36. The van der Waals surface area contributed by atoms with Gasteiger partial charge in [0.1, 0.15) is 0 Å². The van der Waals surface area contributed by atoms with Gasteiger partial charge in [0.15, 0.2) is 5.13 Å². The number of fused-ring (bicyclic) bond motifs is 1. The first-order valence-corrected chi connectivity index (χ1v) is 8.43. The number of halogens is 3. The zero-order valence-electron chi connectivity index (χ0n) is 12.8. The van der Waals surface area contributed by atoms with Crippen molar-refractivity contribution in [2.75, 3.05) is 24.6 Å². The predicted octanol–water partition coefficient (Wildman–Crippen LogP) is 3.81. The van der Waals surface area contributed by atoms with Crippen molar-refractivity contribution < 1.29 is 18.3 Å². The Hall–Kier alpha value is -1.85. The molecule has 1 aliphatic rings. The Bertz CT molecular complexity index is 773. The van der Waals surface area contributed by atoms with Crippen molar-refractivity contribution in [3.05, 3.63) is 23.8 Å². The highest BCUT2D eigenvalue weighted by Crippen LogP contribution is 2.39. The highest BCUT2D eigenvalue weighted by molar-refractivity contribution is 7.22. The van der Waals surface area contributed by atoms with Crippen LogP contribution in [0, 0.1) is 16.7 Å². The van der Waals surface area contributed by atoms with Crippen LogP contribution in [-0.2, 0) is 6.18 Å². The molecule has 8 heteroatoms. The first-order chi connectivity index (χ1) is 11.4. The molecule has 0 amide bonds. The molecule has 1 aromatic carbocycles. The minimum atomic E-state index is -4.36. The molecule has 0 aliphatic carbocycles. The summed E-state index contributed by atoms with van der Waals surface area (Å²) in [5.41, 5.74) is -0.628. The van der Waals surface area contributed by atoms with Crippen LogP contribution < -0.4 is 4.90 Å². The molecule has 1 aliphatic heterocycles. The molecule has 0 unspecified atom stereocenters. The summed E-state index contributed by atoms with van der Waals surface area (Å²) in [6, 6.07) is 5.88. The van der Waals surface area contributed by atoms with Crippen LogP contribution in [0.3, 0.4) is 0 Å². The molecular weight excluding hydrogens is 339 g/mol. The van der Waals surface area contributed by atoms with Gasteiger partial charge in [-0.15, -0.1) is 0 Å². The monoisotopic (exact) mass is 355 g/mol. The van der Waals surface area contributed by atoms with Gasteiger partial charge in [-0.05, 0) is 37.5 Å². The summed E-state index contributed by atoms with van der Waals surface area (Å²) in [6.07, 6.45) is -2.67. The van der Waals surface area contributed by atoms with Crippen LogP contribution >= 0.6 is 11.3 Å². The van der Waals surface area contributed by atoms with Crippen LogP contribution in [0.2, 0.25) is 0 Å². The molecule has 128 valence electrons. The van der Waals surface area contributed by atoms with E-state index in [-0.39, 0.29) is 6.61 Å². The van der Waals surface area contributed by atoms with E-state index in [2.05, 4.69) is 11.1 Å². The molecule has 0 bridgehead atoms. The van der Waals surface area contributed by atoms with E-state index >= 15 is 0 Å². The highest BCUT2D eigenvalue weighted by atomic mass is 32.1. The fourth-order valence-electron chi connectivity index (χ4n) is 2.98. The van der Waals surface area contributed by atoms with Gasteiger partial charge in [-0.3, -0.25) is 0 Å². The fourth-order valence-corrected chi connectivity index (χ4v) is 4.04. The lowest BCUT2D eigenvalue weighted by atomic mass is 9.77. The Morgan fingerprint density at radius 3 is 2.62 bits per heavy atom.